The number of hydrogen-bond acceptors (Lipinski definition) is 13. The minimum Gasteiger partial charge on any atom is -0.481 e. The van der Waals surface area contributed by atoms with Crippen LogP contribution in [0, 0.1) is 29.1 Å². The minimum absolute atomic E-state index is 0. The molecule has 2 unspecified atom stereocenters. The van der Waals surface area contributed by atoms with Crippen LogP contribution in [0.1, 0.15) is 116 Å². The van der Waals surface area contributed by atoms with Crippen LogP contribution < -0.4 is 0 Å². The maximum atomic E-state index is 10.9. The molecule has 3 rings (SSSR count). The normalized spacial score (nSPS) is 15.4. The number of allylic oxidation sites excluding steroid dienone is 1. The lowest BCUT2D eigenvalue weighted by molar-refractivity contribution is -0.149. The summed E-state index contributed by atoms with van der Waals surface area (Å²) in [4.78, 5) is 40.8. The standard InChI is InChI=1S/C12H20O.C9H18O3.C6H12O3.2C4H8O2.C2H6O3S.2CH4/c1-12(2)10-5-4-9(6-7-13-3)11(12)8-10;1-4-5-11-6-7-12-9(10)8(2)3;1-3-6(7)9-5-4-8-2;1-3-6-4(2)5;1-3(2)4(5)6;1-5-6(2,3)4;;/h4,10-11H,5-8H2,1-3H3;8H,4-7H2,1-3H3;3-5H2,1-2H3;3H2,1-2H3;3H,1-2H3,(H,5,6);1-2H3;2*1H4. The Bertz CT molecular complexity index is 1070. The average Bonchev–Trinajstić information content (AvgIpc) is 3.08. The van der Waals surface area contributed by atoms with Crippen LogP contribution >= 0.6 is 0 Å². The van der Waals surface area contributed by atoms with E-state index in [-0.39, 0.29) is 44.6 Å². The summed E-state index contributed by atoms with van der Waals surface area (Å²) in [5.41, 5.74) is 2.24. The number of aliphatic carboxylic acids is 1. The van der Waals surface area contributed by atoms with Gasteiger partial charge >= 0.3 is 23.9 Å². The molecule has 1 fully saturated rings. The van der Waals surface area contributed by atoms with Crippen molar-refractivity contribution in [2.75, 3.05) is 73.8 Å². The summed E-state index contributed by atoms with van der Waals surface area (Å²) in [5.74, 6) is 0.265. The van der Waals surface area contributed by atoms with E-state index in [2.05, 4.69) is 38.3 Å². The number of hydrogen-bond donors (Lipinski definition) is 1. The van der Waals surface area contributed by atoms with E-state index in [4.69, 9.17) is 19.3 Å². The van der Waals surface area contributed by atoms with E-state index < -0.39 is 16.1 Å². The third kappa shape index (κ3) is 39.1. The van der Waals surface area contributed by atoms with E-state index in [9.17, 15) is 27.6 Å². The first-order valence-electron chi connectivity index (χ1n) is 17.8. The quantitative estimate of drug-likeness (QED) is 0.0535. The topological polar surface area (TPSA) is 187 Å². The first-order chi connectivity index (χ1) is 24.1. The van der Waals surface area contributed by atoms with Gasteiger partial charge in [-0.3, -0.25) is 23.4 Å². The molecule has 54 heavy (non-hydrogen) atoms. The van der Waals surface area contributed by atoms with Crippen LogP contribution in [-0.2, 0) is 61.9 Å². The van der Waals surface area contributed by atoms with Crippen LogP contribution in [0.3, 0.4) is 0 Å². The van der Waals surface area contributed by atoms with Crippen molar-refractivity contribution in [3.05, 3.63) is 11.6 Å². The van der Waals surface area contributed by atoms with Crippen molar-refractivity contribution in [3.63, 3.8) is 0 Å². The monoisotopic (exact) mass is 805 g/mol. The van der Waals surface area contributed by atoms with Gasteiger partial charge in [0.15, 0.2) is 0 Å². The Kier molecular flexibility index (Phi) is 45.4. The first-order valence-corrected chi connectivity index (χ1v) is 19.6. The van der Waals surface area contributed by atoms with Gasteiger partial charge in [0.2, 0.25) is 0 Å². The lowest BCUT2D eigenvalue weighted by Crippen LogP contribution is -2.48. The largest absolute Gasteiger partial charge is 0.481 e. The Morgan fingerprint density at radius 3 is 1.65 bits per heavy atom. The second-order valence-electron chi connectivity index (χ2n) is 12.9. The molecule has 0 aromatic heterocycles. The van der Waals surface area contributed by atoms with Crippen molar-refractivity contribution in [1.29, 1.82) is 0 Å². The number of rotatable bonds is 16. The summed E-state index contributed by atoms with van der Waals surface area (Å²) in [7, 11) is 1.32. The Balaban J connectivity index is -0.000000131. The van der Waals surface area contributed by atoms with Crippen molar-refractivity contribution in [2.45, 2.75) is 116 Å². The van der Waals surface area contributed by atoms with Crippen LogP contribution in [0.2, 0.25) is 0 Å². The molecule has 0 aromatic rings. The van der Waals surface area contributed by atoms with Gasteiger partial charge in [0, 0.05) is 40.8 Å². The van der Waals surface area contributed by atoms with Crippen molar-refractivity contribution in [1.82, 2.24) is 0 Å². The molecule has 3 aliphatic carbocycles. The van der Waals surface area contributed by atoms with Gasteiger partial charge in [0.25, 0.3) is 10.1 Å². The number of carbonyl (C=O) groups is 4. The van der Waals surface area contributed by atoms with Crippen LogP contribution in [0.15, 0.2) is 11.6 Å². The SMILES string of the molecule is C.C.CC(C)C(=O)O.CCC(=O)OCCOC.CCCOCCOC(=O)C(C)C.CCOC(C)=O.COCCC1=CCC2CC1C2(C)C.COS(C)(=O)=O. The van der Waals surface area contributed by atoms with Crippen molar-refractivity contribution < 1.29 is 65.3 Å². The Labute approximate surface area is 329 Å². The number of ether oxygens (including phenoxy) is 6. The molecular formula is C39H80O14S. The Morgan fingerprint density at radius 1 is 0.833 bits per heavy atom. The number of fused-ring (bicyclic) bond motifs is 1. The average molecular weight is 805 g/mol. The number of methoxy groups -OCH3 is 2. The zero-order chi connectivity index (χ0) is 41.3. The molecule has 1 N–H and O–H groups in total. The molecule has 0 aliphatic heterocycles. The minimum atomic E-state index is -3.16. The van der Waals surface area contributed by atoms with Crippen LogP contribution in [0.4, 0.5) is 0 Å². The molecule has 0 spiro atoms. The van der Waals surface area contributed by atoms with E-state index in [1.165, 1.54) is 19.8 Å². The van der Waals surface area contributed by atoms with Gasteiger partial charge in [-0.15, -0.1) is 0 Å². The summed E-state index contributed by atoms with van der Waals surface area (Å²) >= 11 is 0. The van der Waals surface area contributed by atoms with E-state index in [0.29, 0.717) is 44.9 Å². The highest BCUT2D eigenvalue weighted by Crippen LogP contribution is 2.59. The second kappa shape index (κ2) is 38.7. The van der Waals surface area contributed by atoms with Gasteiger partial charge in [-0.1, -0.05) is 81.9 Å². The predicted octanol–water partition coefficient (Wildman–Crippen LogP) is 7.37. The summed E-state index contributed by atoms with van der Waals surface area (Å²) < 4.78 is 52.4. The zero-order valence-corrected chi connectivity index (χ0v) is 35.4. The molecule has 3 aliphatic rings. The third-order valence-corrected chi connectivity index (χ3v) is 8.06. The van der Waals surface area contributed by atoms with Crippen molar-refractivity contribution >= 4 is 34.0 Å². The van der Waals surface area contributed by atoms with Gasteiger partial charge in [-0.25, -0.2) is 0 Å². The molecule has 0 amide bonds. The molecule has 15 heteroatoms. The maximum Gasteiger partial charge on any atom is 0.308 e. The van der Waals surface area contributed by atoms with Crippen LogP contribution in [-0.4, -0.2) is 111 Å². The Morgan fingerprint density at radius 2 is 1.33 bits per heavy atom. The lowest BCUT2D eigenvalue weighted by atomic mass is 9.48. The van der Waals surface area contributed by atoms with Crippen LogP contribution in [0.25, 0.3) is 0 Å². The molecule has 0 heterocycles. The van der Waals surface area contributed by atoms with Gasteiger partial charge in [0.05, 0.1) is 45.0 Å². The number of esters is 3. The van der Waals surface area contributed by atoms with Crippen molar-refractivity contribution in [3.8, 4) is 0 Å². The maximum absolute atomic E-state index is 10.9. The highest BCUT2D eigenvalue weighted by atomic mass is 32.2. The predicted molar refractivity (Wildman–Crippen MR) is 215 cm³/mol. The van der Waals surface area contributed by atoms with E-state index >= 15 is 0 Å². The highest BCUT2D eigenvalue weighted by molar-refractivity contribution is 7.85. The number of carboxylic acid groups (broad SMARTS) is 1. The van der Waals surface area contributed by atoms with E-state index in [0.717, 1.165) is 51.3 Å². The molecule has 0 radical (unpaired) electrons. The van der Waals surface area contributed by atoms with E-state index in [1.54, 1.807) is 47.5 Å². The lowest BCUT2D eigenvalue weighted by Gasteiger charge is -2.56. The molecular weight excluding hydrogens is 724 g/mol. The van der Waals surface area contributed by atoms with Crippen molar-refractivity contribution in [2.24, 2.45) is 29.1 Å². The fourth-order valence-electron chi connectivity index (χ4n) is 4.14. The second-order valence-corrected chi connectivity index (χ2v) is 14.6. The summed E-state index contributed by atoms with van der Waals surface area (Å²) in [6.45, 7) is 22.6. The zero-order valence-electron chi connectivity index (χ0n) is 34.5. The summed E-state index contributed by atoms with van der Waals surface area (Å²) in [6.07, 6.45) is 8.78. The molecule has 2 atom stereocenters. The molecule has 0 aromatic carbocycles. The third-order valence-electron chi connectivity index (χ3n) is 7.45. The summed E-state index contributed by atoms with van der Waals surface area (Å²) in [6, 6.07) is 0. The van der Waals surface area contributed by atoms with Crippen LogP contribution in [0.5, 0.6) is 0 Å². The smallest absolute Gasteiger partial charge is 0.308 e. The number of carbonyl (C=O) groups excluding carboxylic acids is 3. The summed E-state index contributed by atoms with van der Waals surface area (Å²) in [5, 5.41) is 7.99. The molecule has 1 saturated carbocycles. The van der Waals surface area contributed by atoms with E-state index in [1.807, 2.05) is 20.8 Å². The molecule has 326 valence electrons. The Hall–Kier alpha value is -2.59. The van der Waals surface area contributed by atoms with Gasteiger partial charge in [-0.2, -0.15) is 8.42 Å². The molecule has 0 saturated heterocycles. The fourth-order valence-corrected chi connectivity index (χ4v) is 4.14. The van der Waals surface area contributed by atoms with Gasteiger partial charge < -0.3 is 33.5 Å². The molecule has 2 bridgehead atoms. The number of carboxylic acids is 1. The van der Waals surface area contributed by atoms with Gasteiger partial charge in [-0.05, 0) is 49.9 Å². The molecule has 14 nitrogen and oxygen atoms in total. The first kappa shape index (κ1) is 63.4. The highest BCUT2D eigenvalue weighted by Gasteiger charge is 2.50. The fraction of sp³-hybridized carbons (Fsp3) is 0.846. The van der Waals surface area contributed by atoms with Gasteiger partial charge in [0.1, 0.15) is 13.2 Å².